The maximum Gasteiger partial charge on any atom is 0.292 e. The van der Waals surface area contributed by atoms with Gasteiger partial charge in [-0.15, -0.1) is 0 Å². The number of aliphatic hydroxyl groups is 1. The van der Waals surface area contributed by atoms with Crippen LogP contribution in [0.4, 0.5) is 0 Å². The zero-order chi connectivity index (χ0) is 21.3. The Morgan fingerprint density at radius 1 is 0.931 bits per heavy atom. The number of unbranched alkanes of at least 4 members (excludes halogenated alkanes) is 3. The number of hydrogen-bond acceptors (Lipinski definition) is 5. The third-order valence-corrected chi connectivity index (χ3v) is 4.07. The van der Waals surface area contributed by atoms with Crippen molar-refractivity contribution in [3.8, 4) is 5.75 Å². The molecular weight excluding hydrogens is 368 g/mol. The highest BCUT2D eigenvalue weighted by molar-refractivity contribution is 6.09. The van der Waals surface area contributed by atoms with Crippen molar-refractivity contribution in [2.24, 2.45) is 0 Å². The van der Waals surface area contributed by atoms with E-state index in [1.807, 2.05) is 67.6 Å². The van der Waals surface area contributed by atoms with Gasteiger partial charge in [0.05, 0.1) is 13.7 Å². The lowest BCUT2D eigenvalue weighted by molar-refractivity contribution is -0.126. The fraction of sp³-hybridized carbons (Fsp3) is 0.333. The van der Waals surface area contributed by atoms with Crippen LogP contribution in [0.2, 0.25) is 0 Å². The molecule has 0 atom stereocenters. The molecule has 2 aromatic rings. The molecule has 0 aliphatic carbocycles. The molecule has 0 amide bonds. The van der Waals surface area contributed by atoms with Crippen LogP contribution in [0.15, 0.2) is 54.6 Å². The van der Waals surface area contributed by atoms with E-state index in [2.05, 4.69) is 4.74 Å². The molecule has 0 saturated heterocycles. The van der Waals surface area contributed by atoms with Crippen LogP contribution in [-0.2, 0) is 9.53 Å². The van der Waals surface area contributed by atoms with E-state index in [9.17, 15) is 4.79 Å². The van der Waals surface area contributed by atoms with Crippen LogP contribution in [-0.4, -0.2) is 37.7 Å². The molecule has 0 aromatic heterocycles. The van der Waals surface area contributed by atoms with E-state index < -0.39 is 0 Å². The van der Waals surface area contributed by atoms with Crippen LogP contribution >= 0.6 is 0 Å². The van der Waals surface area contributed by atoms with E-state index in [0.717, 1.165) is 37.0 Å². The van der Waals surface area contributed by atoms with Crippen LogP contribution in [0.5, 0.6) is 5.75 Å². The quantitative estimate of drug-likeness (QED) is 0.338. The number of ketones is 1. The Bertz CT molecular complexity index is 733. The molecule has 1 N–H and O–H groups in total. The van der Waals surface area contributed by atoms with Crippen molar-refractivity contribution in [1.82, 2.24) is 0 Å². The number of ether oxygens (including phenoxy) is 2. The molecule has 0 aliphatic rings. The smallest absolute Gasteiger partial charge is 0.292 e. The van der Waals surface area contributed by atoms with Crippen LogP contribution in [0.1, 0.15) is 54.1 Å². The Balaban J connectivity index is 0.000000960. The van der Waals surface area contributed by atoms with Gasteiger partial charge in [0.2, 0.25) is 0 Å². The lowest BCUT2D eigenvalue weighted by atomic mass is 10.0. The summed E-state index contributed by atoms with van der Waals surface area (Å²) in [5, 5.41) is 8.73. The van der Waals surface area contributed by atoms with Crippen LogP contribution in [0.25, 0.3) is 6.08 Å². The predicted octanol–water partition coefficient (Wildman–Crippen LogP) is 4.67. The first kappa shape index (κ1) is 24.1. The molecule has 0 spiro atoms. The van der Waals surface area contributed by atoms with Gasteiger partial charge in [-0.25, -0.2) is 0 Å². The second-order valence-corrected chi connectivity index (χ2v) is 6.29. The van der Waals surface area contributed by atoms with Gasteiger partial charge < -0.3 is 14.6 Å². The highest BCUT2D eigenvalue weighted by Gasteiger charge is 2.08. The van der Waals surface area contributed by atoms with Crippen molar-refractivity contribution < 1.29 is 24.2 Å². The maximum absolute atomic E-state index is 12.5. The number of methoxy groups -OCH3 is 1. The fourth-order valence-corrected chi connectivity index (χ4v) is 2.56. The minimum absolute atomic E-state index is 0.0163. The van der Waals surface area contributed by atoms with E-state index in [-0.39, 0.29) is 12.4 Å². The number of aliphatic hydroxyl groups excluding tert-OH is 1. The third kappa shape index (κ3) is 9.72. The Morgan fingerprint density at radius 2 is 1.48 bits per heavy atom. The topological polar surface area (TPSA) is 72.8 Å². The van der Waals surface area contributed by atoms with Crippen molar-refractivity contribution in [3.05, 3.63) is 71.3 Å². The standard InChI is InChI=1S/C22H26O3.C2H4O2/c1-2-7-18-8-10-19(11-9-18)22(24)20-12-14-21(15-13-20)25-17-6-4-3-5-16-23;1-4-2-3/h2,7-15,23H,3-6,16-17H2,1H3;2H,1H3/b7-2+;. The molecule has 5 nitrogen and oxygen atoms in total. The van der Waals surface area contributed by atoms with E-state index >= 15 is 0 Å². The summed E-state index contributed by atoms with van der Waals surface area (Å²) in [5.41, 5.74) is 2.43. The molecular formula is C24H30O5. The van der Waals surface area contributed by atoms with Gasteiger partial charge in [0, 0.05) is 17.7 Å². The summed E-state index contributed by atoms with van der Waals surface area (Å²) in [4.78, 5) is 21.5. The summed E-state index contributed by atoms with van der Waals surface area (Å²) >= 11 is 0. The zero-order valence-electron chi connectivity index (χ0n) is 17.2. The summed E-state index contributed by atoms with van der Waals surface area (Å²) < 4.78 is 9.55. The van der Waals surface area contributed by atoms with Crippen molar-refractivity contribution in [2.75, 3.05) is 20.3 Å². The van der Waals surface area contributed by atoms with Gasteiger partial charge in [-0.1, -0.05) is 42.8 Å². The van der Waals surface area contributed by atoms with Crippen molar-refractivity contribution >= 4 is 18.3 Å². The highest BCUT2D eigenvalue weighted by atomic mass is 16.5. The summed E-state index contributed by atoms with van der Waals surface area (Å²) in [7, 11) is 1.31. The van der Waals surface area contributed by atoms with E-state index in [0.29, 0.717) is 24.2 Å². The van der Waals surface area contributed by atoms with Crippen LogP contribution in [0, 0.1) is 0 Å². The lowest BCUT2D eigenvalue weighted by Gasteiger charge is -2.07. The van der Waals surface area contributed by atoms with Crippen molar-refractivity contribution in [2.45, 2.75) is 32.6 Å². The van der Waals surface area contributed by atoms with Gasteiger partial charge in [-0.05, 0) is 56.0 Å². The summed E-state index contributed by atoms with van der Waals surface area (Å²) in [5.74, 6) is 0.796. The molecule has 0 unspecified atom stereocenters. The zero-order valence-corrected chi connectivity index (χ0v) is 17.2. The molecule has 2 rings (SSSR count). The highest BCUT2D eigenvalue weighted by Crippen LogP contribution is 2.17. The molecule has 2 aromatic carbocycles. The number of allylic oxidation sites excluding steroid dienone is 1. The molecule has 5 heteroatoms. The molecule has 0 saturated carbocycles. The van der Waals surface area contributed by atoms with Crippen molar-refractivity contribution in [1.29, 1.82) is 0 Å². The SMILES string of the molecule is C/C=C/c1ccc(C(=O)c2ccc(OCCCCCCO)cc2)cc1.COC=O. The molecule has 156 valence electrons. The van der Waals surface area contributed by atoms with E-state index in [1.54, 1.807) is 0 Å². The molecule has 0 radical (unpaired) electrons. The number of hydrogen-bond donors (Lipinski definition) is 1. The van der Waals surface area contributed by atoms with Gasteiger partial charge in [0.25, 0.3) is 6.47 Å². The molecule has 0 heterocycles. The lowest BCUT2D eigenvalue weighted by Crippen LogP contribution is -2.02. The van der Waals surface area contributed by atoms with E-state index in [1.165, 1.54) is 7.11 Å². The van der Waals surface area contributed by atoms with Gasteiger partial charge in [-0.2, -0.15) is 0 Å². The minimum atomic E-state index is 0.0163. The molecule has 0 bridgehead atoms. The summed E-state index contributed by atoms with van der Waals surface area (Å²) in [6.45, 7) is 3.26. The van der Waals surface area contributed by atoms with Crippen molar-refractivity contribution in [3.63, 3.8) is 0 Å². The Labute approximate surface area is 173 Å². The first-order valence-corrected chi connectivity index (χ1v) is 9.73. The Kier molecular flexibility index (Phi) is 12.5. The first-order valence-electron chi connectivity index (χ1n) is 9.73. The number of benzene rings is 2. The first-order chi connectivity index (χ1) is 14.2. The second-order valence-electron chi connectivity index (χ2n) is 6.29. The van der Waals surface area contributed by atoms with Gasteiger partial charge in [0.15, 0.2) is 5.78 Å². The monoisotopic (exact) mass is 398 g/mol. The normalized spacial score (nSPS) is 10.2. The number of carbonyl (C=O) groups is 2. The summed E-state index contributed by atoms with van der Waals surface area (Å²) in [6, 6.07) is 14.9. The molecule has 0 fully saturated rings. The fourth-order valence-electron chi connectivity index (χ4n) is 2.56. The average molecular weight is 398 g/mol. The average Bonchev–Trinajstić information content (AvgIpc) is 2.77. The third-order valence-electron chi connectivity index (χ3n) is 4.07. The van der Waals surface area contributed by atoms with Gasteiger partial charge in [0.1, 0.15) is 5.75 Å². The molecule has 0 aliphatic heterocycles. The Hall–Kier alpha value is -2.92. The van der Waals surface area contributed by atoms with Crippen LogP contribution in [0.3, 0.4) is 0 Å². The largest absolute Gasteiger partial charge is 0.494 e. The van der Waals surface area contributed by atoms with Gasteiger partial charge >= 0.3 is 0 Å². The van der Waals surface area contributed by atoms with Gasteiger partial charge in [-0.3, -0.25) is 9.59 Å². The second kappa shape index (κ2) is 15.1. The summed E-state index contributed by atoms with van der Waals surface area (Å²) in [6.07, 6.45) is 7.89. The minimum Gasteiger partial charge on any atom is -0.494 e. The Morgan fingerprint density at radius 3 is 2.00 bits per heavy atom. The van der Waals surface area contributed by atoms with E-state index in [4.69, 9.17) is 14.6 Å². The molecule has 29 heavy (non-hydrogen) atoms. The number of carbonyl (C=O) groups excluding carboxylic acids is 2. The number of rotatable bonds is 11. The maximum atomic E-state index is 12.5. The predicted molar refractivity (Wildman–Crippen MR) is 115 cm³/mol. The van der Waals surface area contributed by atoms with Crippen LogP contribution < -0.4 is 4.74 Å².